The van der Waals surface area contributed by atoms with Crippen LogP contribution >= 0.6 is 0 Å². The van der Waals surface area contributed by atoms with Gasteiger partial charge in [0.2, 0.25) is 6.41 Å². The molecule has 0 saturated carbocycles. The van der Waals surface area contributed by atoms with E-state index in [4.69, 9.17) is 6.42 Å². The van der Waals surface area contributed by atoms with Crippen LogP contribution in [-0.4, -0.2) is 23.3 Å². The predicted molar refractivity (Wildman–Crippen MR) is 61.7 cm³/mol. The molecule has 1 atom stereocenters. The van der Waals surface area contributed by atoms with E-state index in [1.807, 2.05) is 19.1 Å². The second-order valence-corrected chi connectivity index (χ2v) is 3.48. The minimum Gasteiger partial charge on any atom is -0.278 e. The quantitative estimate of drug-likeness (QED) is 0.567. The number of hydrogen-bond donors (Lipinski definition) is 0. The van der Waals surface area contributed by atoms with E-state index in [9.17, 15) is 9.59 Å². The highest BCUT2D eigenvalue weighted by molar-refractivity contribution is 6.01. The third-order valence-electron chi connectivity index (χ3n) is 2.38. The average Bonchev–Trinajstić information content (AvgIpc) is 2.30. The minimum absolute atomic E-state index is 0.362. The lowest BCUT2D eigenvalue weighted by atomic mass is 10.1. The number of hydrogen-bond acceptors (Lipinski definition) is 2. The maximum absolute atomic E-state index is 12.0. The molecule has 0 N–H and O–H groups in total. The van der Waals surface area contributed by atoms with E-state index in [-0.39, 0.29) is 5.91 Å². The Hall–Kier alpha value is -2.08. The van der Waals surface area contributed by atoms with Gasteiger partial charge in [-0.1, -0.05) is 24.1 Å². The SMILES string of the molecule is C#CC(C)N(C=O)C(=O)c1ccccc1C. The first kappa shape index (κ1) is 12.0. The zero-order chi connectivity index (χ0) is 12.1. The van der Waals surface area contributed by atoms with Crippen LogP contribution in [0.3, 0.4) is 0 Å². The lowest BCUT2D eigenvalue weighted by Gasteiger charge is -2.19. The van der Waals surface area contributed by atoms with Crippen molar-refractivity contribution in [2.24, 2.45) is 0 Å². The van der Waals surface area contributed by atoms with Crippen molar-refractivity contribution < 1.29 is 9.59 Å². The maximum atomic E-state index is 12.0. The summed E-state index contributed by atoms with van der Waals surface area (Å²) in [5.41, 5.74) is 1.32. The predicted octanol–water partition coefficient (Wildman–Crippen LogP) is 1.62. The first-order valence-corrected chi connectivity index (χ1v) is 4.91. The molecule has 1 unspecified atom stereocenters. The highest BCUT2D eigenvalue weighted by Crippen LogP contribution is 2.11. The molecular formula is C13H13NO2. The van der Waals surface area contributed by atoms with Crippen molar-refractivity contribution in [3.8, 4) is 12.3 Å². The van der Waals surface area contributed by atoms with Gasteiger partial charge in [0.1, 0.15) is 0 Å². The van der Waals surface area contributed by atoms with E-state index in [2.05, 4.69) is 5.92 Å². The van der Waals surface area contributed by atoms with Gasteiger partial charge in [0.25, 0.3) is 5.91 Å². The summed E-state index contributed by atoms with van der Waals surface area (Å²) in [6, 6.07) is 6.55. The molecule has 1 aromatic rings. The Kier molecular flexibility index (Phi) is 3.84. The largest absolute Gasteiger partial charge is 0.278 e. The van der Waals surface area contributed by atoms with Gasteiger partial charge in [0, 0.05) is 5.56 Å². The number of benzene rings is 1. The summed E-state index contributed by atoms with van der Waals surface area (Å²) < 4.78 is 0. The van der Waals surface area contributed by atoms with Crippen molar-refractivity contribution in [2.75, 3.05) is 0 Å². The normalized spacial score (nSPS) is 11.3. The molecule has 0 saturated heterocycles. The molecule has 0 aromatic heterocycles. The molecule has 0 aliphatic rings. The standard InChI is InChI=1S/C13H13NO2/c1-4-11(3)14(9-15)13(16)12-8-6-5-7-10(12)2/h1,5-9,11H,2-3H3. The van der Waals surface area contributed by atoms with Gasteiger partial charge in [-0.2, -0.15) is 0 Å². The molecular weight excluding hydrogens is 202 g/mol. The Bertz CT molecular complexity index is 445. The maximum Gasteiger partial charge on any atom is 0.261 e. The fourth-order valence-corrected chi connectivity index (χ4v) is 1.35. The summed E-state index contributed by atoms with van der Waals surface area (Å²) in [5.74, 6) is 2.00. The van der Waals surface area contributed by atoms with Crippen LogP contribution in [0.25, 0.3) is 0 Å². The Balaban J connectivity index is 3.06. The first-order chi connectivity index (χ1) is 7.61. The first-order valence-electron chi connectivity index (χ1n) is 4.91. The van der Waals surface area contributed by atoms with E-state index in [1.54, 1.807) is 19.1 Å². The molecule has 82 valence electrons. The highest BCUT2D eigenvalue weighted by Gasteiger charge is 2.20. The van der Waals surface area contributed by atoms with Gasteiger partial charge >= 0.3 is 0 Å². The van der Waals surface area contributed by atoms with E-state index >= 15 is 0 Å². The topological polar surface area (TPSA) is 37.4 Å². The second kappa shape index (κ2) is 5.13. The van der Waals surface area contributed by atoms with Gasteiger partial charge in [-0.15, -0.1) is 6.42 Å². The number of carbonyl (C=O) groups is 2. The molecule has 1 rings (SSSR count). The van der Waals surface area contributed by atoms with Gasteiger partial charge in [-0.05, 0) is 25.5 Å². The Morgan fingerprint density at radius 2 is 2.12 bits per heavy atom. The Labute approximate surface area is 95.1 Å². The van der Waals surface area contributed by atoms with Gasteiger partial charge in [-0.3, -0.25) is 14.5 Å². The van der Waals surface area contributed by atoms with Crippen LogP contribution in [0.1, 0.15) is 22.8 Å². The van der Waals surface area contributed by atoms with Crippen LogP contribution in [0, 0.1) is 19.3 Å². The van der Waals surface area contributed by atoms with Crippen LogP contribution in [-0.2, 0) is 4.79 Å². The summed E-state index contributed by atoms with van der Waals surface area (Å²) >= 11 is 0. The molecule has 0 radical (unpaired) electrons. The van der Waals surface area contributed by atoms with Gasteiger partial charge < -0.3 is 0 Å². The van der Waals surface area contributed by atoms with Crippen molar-refractivity contribution in [1.29, 1.82) is 0 Å². The molecule has 0 spiro atoms. The Morgan fingerprint density at radius 3 is 2.62 bits per heavy atom. The van der Waals surface area contributed by atoms with E-state index in [1.165, 1.54) is 0 Å². The summed E-state index contributed by atoms with van der Waals surface area (Å²) in [7, 11) is 0. The van der Waals surface area contributed by atoms with Crippen molar-refractivity contribution >= 4 is 12.3 Å². The lowest BCUT2D eigenvalue weighted by Crippen LogP contribution is -2.36. The summed E-state index contributed by atoms with van der Waals surface area (Å²) in [6.07, 6.45) is 5.67. The zero-order valence-corrected chi connectivity index (χ0v) is 9.31. The molecule has 0 bridgehead atoms. The highest BCUT2D eigenvalue weighted by atomic mass is 16.2. The lowest BCUT2D eigenvalue weighted by molar-refractivity contribution is -0.116. The van der Waals surface area contributed by atoms with Crippen LogP contribution in [0.4, 0.5) is 0 Å². The van der Waals surface area contributed by atoms with Gasteiger partial charge in [0.15, 0.2) is 0 Å². The number of amides is 2. The molecule has 0 heterocycles. The average molecular weight is 215 g/mol. The molecule has 1 aromatic carbocycles. The molecule has 2 amide bonds. The molecule has 0 fully saturated rings. The monoisotopic (exact) mass is 215 g/mol. The van der Waals surface area contributed by atoms with Crippen LogP contribution in [0.2, 0.25) is 0 Å². The third-order valence-corrected chi connectivity index (χ3v) is 2.38. The van der Waals surface area contributed by atoms with E-state index < -0.39 is 6.04 Å². The summed E-state index contributed by atoms with van der Waals surface area (Å²) in [5, 5.41) is 0. The molecule has 0 aliphatic carbocycles. The van der Waals surface area contributed by atoms with Crippen molar-refractivity contribution in [1.82, 2.24) is 4.90 Å². The number of rotatable bonds is 3. The third kappa shape index (κ3) is 2.29. The number of carbonyl (C=O) groups excluding carboxylic acids is 2. The Morgan fingerprint density at radius 1 is 1.50 bits per heavy atom. The zero-order valence-electron chi connectivity index (χ0n) is 9.31. The van der Waals surface area contributed by atoms with Crippen molar-refractivity contribution in [3.05, 3.63) is 35.4 Å². The van der Waals surface area contributed by atoms with E-state index in [0.717, 1.165) is 10.5 Å². The van der Waals surface area contributed by atoms with E-state index in [0.29, 0.717) is 12.0 Å². The smallest absolute Gasteiger partial charge is 0.261 e. The van der Waals surface area contributed by atoms with Crippen LogP contribution < -0.4 is 0 Å². The van der Waals surface area contributed by atoms with Crippen LogP contribution in [0.5, 0.6) is 0 Å². The fraction of sp³-hybridized carbons (Fsp3) is 0.231. The van der Waals surface area contributed by atoms with Gasteiger partial charge in [0.05, 0.1) is 6.04 Å². The van der Waals surface area contributed by atoms with Crippen molar-refractivity contribution in [2.45, 2.75) is 19.9 Å². The number of terminal acetylenes is 1. The summed E-state index contributed by atoms with van der Waals surface area (Å²) in [6.45, 7) is 3.45. The molecule has 3 nitrogen and oxygen atoms in total. The minimum atomic E-state index is -0.537. The second-order valence-electron chi connectivity index (χ2n) is 3.48. The molecule has 16 heavy (non-hydrogen) atoms. The van der Waals surface area contributed by atoms with Crippen LogP contribution in [0.15, 0.2) is 24.3 Å². The fourth-order valence-electron chi connectivity index (χ4n) is 1.35. The molecule has 0 aliphatic heterocycles. The molecule has 3 heteroatoms. The number of imide groups is 1. The van der Waals surface area contributed by atoms with Crippen molar-refractivity contribution in [3.63, 3.8) is 0 Å². The van der Waals surface area contributed by atoms with Gasteiger partial charge in [-0.25, -0.2) is 0 Å². The number of aryl methyl sites for hydroxylation is 1. The number of nitrogens with zero attached hydrogens (tertiary/aromatic N) is 1. The summed E-state index contributed by atoms with van der Waals surface area (Å²) in [4.78, 5) is 23.9.